The van der Waals surface area contributed by atoms with Crippen LogP contribution in [0.1, 0.15) is 11.0 Å². The lowest BCUT2D eigenvalue weighted by molar-refractivity contribution is 0.0667. The third-order valence-corrected chi connectivity index (χ3v) is 4.97. The smallest absolute Gasteiger partial charge is 0.181 e. The number of methoxy groups -OCH3 is 1. The molecule has 0 spiro atoms. The lowest BCUT2D eigenvalue weighted by Gasteiger charge is -2.04. The Morgan fingerprint density at radius 2 is 2.17 bits per heavy atom. The highest BCUT2D eigenvalue weighted by Gasteiger charge is 2.13. The summed E-state index contributed by atoms with van der Waals surface area (Å²) in [6.45, 7) is 0.279. The van der Waals surface area contributed by atoms with Gasteiger partial charge in [-0.2, -0.15) is 5.10 Å². The second-order valence-electron chi connectivity index (χ2n) is 5.65. The predicted molar refractivity (Wildman–Crippen MR) is 94.0 cm³/mol. The number of nitrogens with zero attached hydrogens (tertiary/aromatic N) is 4. The zero-order chi connectivity index (χ0) is 16.7. The van der Waals surface area contributed by atoms with Crippen LogP contribution in [-0.2, 0) is 11.8 Å². The molecule has 1 N–H and O–H groups in total. The lowest BCUT2D eigenvalue weighted by atomic mass is 10.1. The highest BCUT2D eigenvalue weighted by Crippen LogP contribution is 2.31. The lowest BCUT2D eigenvalue weighted by Crippen LogP contribution is -2.02. The largest absolute Gasteiger partial charge is 0.385 e. The van der Waals surface area contributed by atoms with Crippen molar-refractivity contribution in [1.29, 1.82) is 0 Å². The first-order valence-corrected chi connectivity index (χ1v) is 8.33. The summed E-state index contributed by atoms with van der Waals surface area (Å²) in [7, 11) is 3.46. The number of rotatable bonds is 4. The van der Waals surface area contributed by atoms with E-state index in [2.05, 4.69) is 10.1 Å². The van der Waals surface area contributed by atoms with Gasteiger partial charge in [0.05, 0.1) is 12.3 Å². The minimum absolute atomic E-state index is 0.279. The van der Waals surface area contributed by atoms with Crippen LogP contribution in [0.5, 0.6) is 0 Å². The average Bonchev–Trinajstić information content (AvgIpc) is 3.15. The summed E-state index contributed by atoms with van der Waals surface area (Å²) in [5, 5.41) is 16.4. The van der Waals surface area contributed by atoms with Crippen LogP contribution in [0.4, 0.5) is 0 Å². The first kappa shape index (κ1) is 15.2. The molecule has 0 saturated heterocycles. The van der Waals surface area contributed by atoms with Crippen molar-refractivity contribution in [2.45, 2.75) is 6.10 Å². The fourth-order valence-electron chi connectivity index (χ4n) is 2.67. The normalized spacial score (nSPS) is 13.0. The van der Waals surface area contributed by atoms with Crippen molar-refractivity contribution in [3.05, 3.63) is 41.5 Å². The average molecular weight is 340 g/mol. The number of ether oxygens (including phenoxy) is 1. The van der Waals surface area contributed by atoms with E-state index in [1.54, 1.807) is 18.0 Å². The number of aliphatic hydroxyl groups excluding tert-OH is 1. The predicted octanol–water partition coefficient (Wildman–Crippen LogP) is 2.92. The van der Waals surface area contributed by atoms with Crippen molar-refractivity contribution in [3.63, 3.8) is 0 Å². The number of aliphatic hydroxyl groups is 1. The van der Waals surface area contributed by atoms with E-state index in [1.165, 1.54) is 11.3 Å². The molecule has 0 amide bonds. The Morgan fingerprint density at radius 1 is 1.29 bits per heavy atom. The molecule has 0 fully saturated rings. The van der Waals surface area contributed by atoms with Crippen molar-refractivity contribution in [2.24, 2.45) is 7.05 Å². The van der Waals surface area contributed by atoms with Gasteiger partial charge in [-0.1, -0.05) is 0 Å². The van der Waals surface area contributed by atoms with E-state index in [9.17, 15) is 5.11 Å². The molecular formula is C17H16N4O2S. The molecular weight excluding hydrogens is 324 g/mol. The van der Waals surface area contributed by atoms with Gasteiger partial charge < -0.3 is 9.84 Å². The Hall–Kier alpha value is -2.35. The molecule has 24 heavy (non-hydrogen) atoms. The third kappa shape index (κ3) is 2.66. The maximum absolute atomic E-state index is 10.1. The van der Waals surface area contributed by atoms with E-state index in [0.717, 1.165) is 37.4 Å². The third-order valence-electron chi connectivity index (χ3n) is 3.82. The molecule has 0 aliphatic heterocycles. The number of hydrogen-bond acceptors (Lipinski definition) is 6. The molecule has 4 aromatic rings. The van der Waals surface area contributed by atoms with Crippen molar-refractivity contribution < 1.29 is 9.84 Å². The Balaban J connectivity index is 1.75. The Labute approximate surface area is 142 Å². The fraction of sp³-hybridized carbons (Fsp3) is 0.235. The first-order chi connectivity index (χ1) is 11.6. The highest BCUT2D eigenvalue weighted by atomic mass is 32.1. The maximum Gasteiger partial charge on any atom is 0.181 e. The monoisotopic (exact) mass is 340 g/mol. The maximum atomic E-state index is 10.1. The summed E-state index contributed by atoms with van der Waals surface area (Å²) in [6.07, 6.45) is 3.11. The molecule has 0 aliphatic rings. The van der Waals surface area contributed by atoms with Gasteiger partial charge in [-0.15, -0.1) is 11.3 Å². The Kier molecular flexibility index (Phi) is 3.76. The molecule has 6 nitrogen and oxygen atoms in total. The van der Waals surface area contributed by atoms with Crippen LogP contribution in [0.15, 0.2) is 36.7 Å². The Bertz CT molecular complexity index is 1020. The van der Waals surface area contributed by atoms with Gasteiger partial charge in [-0.05, 0) is 24.3 Å². The molecule has 4 heterocycles. The van der Waals surface area contributed by atoms with E-state index >= 15 is 0 Å². The van der Waals surface area contributed by atoms with Crippen molar-refractivity contribution >= 4 is 32.6 Å². The molecule has 0 aromatic carbocycles. The van der Waals surface area contributed by atoms with E-state index in [1.807, 2.05) is 37.5 Å². The van der Waals surface area contributed by atoms with Gasteiger partial charge in [0.1, 0.15) is 10.9 Å². The van der Waals surface area contributed by atoms with Gasteiger partial charge in [0.25, 0.3) is 0 Å². The molecule has 4 aromatic heterocycles. The van der Waals surface area contributed by atoms with Crippen LogP contribution in [-0.4, -0.2) is 38.6 Å². The molecule has 0 saturated carbocycles. The SMILES string of the molecule is COC[C@H](O)c1cc2ccc(-c3cnc4nn(C)cc4c3)nc2s1. The second-order valence-corrected chi connectivity index (χ2v) is 6.71. The minimum Gasteiger partial charge on any atom is -0.385 e. The molecule has 122 valence electrons. The van der Waals surface area contributed by atoms with E-state index in [-0.39, 0.29) is 6.61 Å². The minimum atomic E-state index is -0.619. The summed E-state index contributed by atoms with van der Waals surface area (Å²) in [4.78, 5) is 10.9. The van der Waals surface area contributed by atoms with Gasteiger partial charge >= 0.3 is 0 Å². The molecule has 7 heteroatoms. The van der Waals surface area contributed by atoms with Gasteiger partial charge in [0.2, 0.25) is 0 Å². The second kappa shape index (κ2) is 5.94. The number of pyridine rings is 2. The van der Waals surface area contributed by atoms with Gasteiger partial charge in [0, 0.05) is 47.8 Å². The van der Waals surface area contributed by atoms with Crippen molar-refractivity contribution in [1.82, 2.24) is 19.7 Å². The van der Waals surface area contributed by atoms with Crippen LogP contribution >= 0.6 is 11.3 Å². The molecule has 1 atom stereocenters. The standard InChI is InChI=1S/C17H16N4O2S/c1-21-8-12-5-11(7-18-16(12)20-21)13-4-3-10-6-15(14(22)9-23-2)24-17(10)19-13/h3-8,14,22H,9H2,1-2H3/t14-/m0/s1. The molecule has 4 rings (SSSR count). The van der Waals surface area contributed by atoms with Crippen molar-refractivity contribution in [2.75, 3.05) is 13.7 Å². The number of aromatic nitrogens is 4. The zero-order valence-corrected chi connectivity index (χ0v) is 14.1. The van der Waals surface area contributed by atoms with Crippen LogP contribution in [0.3, 0.4) is 0 Å². The fourth-order valence-corrected chi connectivity index (χ4v) is 3.68. The summed E-state index contributed by atoms with van der Waals surface area (Å²) >= 11 is 1.48. The summed E-state index contributed by atoms with van der Waals surface area (Å²) in [6, 6.07) is 7.99. The van der Waals surface area contributed by atoms with Crippen LogP contribution in [0.2, 0.25) is 0 Å². The number of aryl methyl sites for hydroxylation is 1. The summed E-state index contributed by atoms with van der Waals surface area (Å²) < 4.78 is 6.76. The summed E-state index contributed by atoms with van der Waals surface area (Å²) in [5.41, 5.74) is 2.53. The van der Waals surface area contributed by atoms with E-state index < -0.39 is 6.10 Å². The van der Waals surface area contributed by atoms with Crippen LogP contribution in [0.25, 0.3) is 32.5 Å². The first-order valence-electron chi connectivity index (χ1n) is 7.51. The van der Waals surface area contributed by atoms with Crippen LogP contribution < -0.4 is 0 Å². The van der Waals surface area contributed by atoms with E-state index in [4.69, 9.17) is 9.72 Å². The molecule has 0 aliphatic carbocycles. The molecule has 0 unspecified atom stereocenters. The topological polar surface area (TPSA) is 73.1 Å². The quantitative estimate of drug-likeness (QED) is 0.618. The molecule has 0 bridgehead atoms. The highest BCUT2D eigenvalue weighted by molar-refractivity contribution is 7.18. The van der Waals surface area contributed by atoms with Gasteiger partial charge in [-0.25, -0.2) is 9.97 Å². The van der Waals surface area contributed by atoms with E-state index in [0.29, 0.717) is 0 Å². The Morgan fingerprint density at radius 3 is 3.00 bits per heavy atom. The van der Waals surface area contributed by atoms with Crippen LogP contribution in [0, 0.1) is 0 Å². The zero-order valence-electron chi connectivity index (χ0n) is 13.3. The molecule has 0 radical (unpaired) electrons. The van der Waals surface area contributed by atoms with Gasteiger partial charge in [-0.3, -0.25) is 4.68 Å². The number of hydrogen-bond donors (Lipinski definition) is 1. The summed E-state index contributed by atoms with van der Waals surface area (Å²) in [5.74, 6) is 0. The van der Waals surface area contributed by atoms with Gasteiger partial charge in [0.15, 0.2) is 5.65 Å². The van der Waals surface area contributed by atoms with Crippen molar-refractivity contribution in [3.8, 4) is 11.3 Å². The number of fused-ring (bicyclic) bond motifs is 2. The number of thiophene rings is 1.